The summed E-state index contributed by atoms with van der Waals surface area (Å²) in [6, 6.07) is 10.7. The monoisotopic (exact) mass is 371 g/mol. The third kappa shape index (κ3) is 4.91. The zero-order valence-electron chi connectivity index (χ0n) is 15.2. The highest BCUT2D eigenvalue weighted by atomic mass is 16.6. The molecule has 142 valence electrons. The molecule has 0 unspecified atom stereocenters. The molecule has 0 saturated carbocycles. The predicted octanol–water partition coefficient (Wildman–Crippen LogP) is 2.64. The number of fused-ring (bicyclic) bond motifs is 1. The predicted molar refractivity (Wildman–Crippen MR) is 98.4 cm³/mol. The number of carbonyl (C=O) groups is 2. The van der Waals surface area contributed by atoms with Gasteiger partial charge < -0.3 is 24.3 Å². The summed E-state index contributed by atoms with van der Waals surface area (Å²) in [7, 11) is 0. The molecule has 1 N–H and O–H groups in total. The summed E-state index contributed by atoms with van der Waals surface area (Å²) in [6.07, 6.45) is 0. The van der Waals surface area contributed by atoms with E-state index < -0.39 is 18.5 Å². The molecule has 0 atom stereocenters. The number of rotatable bonds is 6. The van der Waals surface area contributed by atoms with E-state index in [0.717, 1.165) is 11.1 Å². The molecule has 7 heteroatoms. The van der Waals surface area contributed by atoms with Gasteiger partial charge in [0.05, 0.1) is 0 Å². The van der Waals surface area contributed by atoms with E-state index in [0.29, 0.717) is 36.1 Å². The topological polar surface area (TPSA) is 83.1 Å². The van der Waals surface area contributed by atoms with Gasteiger partial charge >= 0.3 is 5.97 Å². The van der Waals surface area contributed by atoms with Gasteiger partial charge in [-0.1, -0.05) is 12.1 Å². The van der Waals surface area contributed by atoms with Crippen LogP contribution in [0.2, 0.25) is 0 Å². The average Bonchev–Trinajstić information content (AvgIpc) is 2.67. The maximum Gasteiger partial charge on any atom is 0.344 e. The van der Waals surface area contributed by atoms with Crippen molar-refractivity contribution in [1.82, 2.24) is 0 Å². The second kappa shape index (κ2) is 8.44. The smallest absolute Gasteiger partial charge is 0.344 e. The molecular formula is C20H21NO6. The first kappa shape index (κ1) is 18.6. The number of hydrogen-bond donors (Lipinski definition) is 1. The van der Waals surface area contributed by atoms with E-state index in [2.05, 4.69) is 5.32 Å². The van der Waals surface area contributed by atoms with Crippen LogP contribution >= 0.6 is 0 Å². The highest BCUT2D eigenvalue weighted by Gasteiger charge is 2.14. The Morgan fingerprint density at radius 1 is 1.04 bits per heavy atom. The molecule has 1 aliphatic heterocycles. The Morgan fingerprint density at radius 3 is 2.63 bits per heavy atom. The van der Waals surface area contributed by atoms with Crippen LogP contribution in [0.3, 0.4) is 0 Å². The highest BCUT2D eigenvalue weighted by molar-refractivity contribution is 5.93. The third-order valence-corrected chi connectivity index (χ3v) is 4.09. The number of benzene rings is 2. The van der Waals surface area contributed by atoms with Crippen molar-refractivity contribution in [2.45, 2.75) is 13.8 Å². The maximum absolute atomic E-state index is 12.0. The first-order chi connectivity index (χ1) is 13.0. The second-order valence-electron chi connectivity index (χ2n) is 6.05. The van der Waals surface area contributed by atoms with Crippen LogP contribution in [0.25, 0.3) is 0 Å². The van der Waals surface area contributed by atoms with Crippen LogP contribution < -0.4 is 19.5 Å². The van der Waals surface area contributed by atoms with Gasteiger partial charge in [-0.25, -0.2) is 4.79 Å². The van der Waals surface area contributed by atoms with Crippen molar-refractivity contribution in [2.24, 2.45) is 0 Å². The molecule has 1 heterocycles. The van der Waals surface area contributed by atoms with Crippen molar-refractivity contribution in [3.8, 4) is 17.2 Å². The minimum atomic E-state index is -0.617. The van der Waals surface area contributed by atoms with Crippen molar-refractivity contribution in [3.63, 3.8) is 0 Å². The quantitative estimate of drug-likeness (QED) is 0.786. The zero-order valence-corrected chi connectivity index (χ0v) is 15.2. The number of amides is 1. The Kier molecular flexibility index (Phi) is 5.80. The Bertz CT molecular complexity index is 848. The average molecular weight is 371 g/mol. The van der Waals surface area contributed by atoms with Crippen molar-refractivity contribution in [3.05, 3.63) is 47.5 Å². The molecule has 0 spiro atoms. The SMILES string of the molecule is Cc1cccc(OCC(=O)OCC(=O)Nc2ccc3c(c2)OCCO3)c1C. The Labute approximate surface area is 157 Å². The van der Waals surface area contributed by atoms with E-state index >= 15 is 0 Å². The second-order valence-corrected chi connectivity index (χ2v) is 6.05. The van der Waals surface area contributed by atoms with Gasteiger partial charge in [0.1, 0.15) is 19.0 Å². The van der Waals surface area contributed by atoms with Crippen molar-refractivity contribution < 1.29 is 28.5 Å². The zero-order chi connectivity index (χ0) is 19.2. The van der Waals surface area contributed by atoms with E-state index in [1.165, 1.54) is 0 Å². The van der Waals surface area contributed by atoms with Gasteiger partial charge in [-0.2, -0.15) is 0 Å². The number of nitrogens with one attached hydrogen (secondary N) is 1. The molecule has 0 aromatic heterocycles. The summed E-state index contributed by atoms with van der Waals surface area (Å²) in [5.74, 6) is 0.750. The number of hydrogen-bond acceptors (Lipinski definition) is 6. The van der Waals surface area contributed by atoms with E-state index in [9.17, 15) is 9.59 Å². The third-order valence-electron chi connectivity index (χ3n) is 4.09. The number of esters is 1. The van der Waals surface area contributed by atoms with Gasteiger partial charge in [-0.05, 0) is 43.2 Å². The van der Waals surface area contributed by atoms with E-state index in [1.54, 1.807) is 24.3 Å². The van der Waals surface area contributed by atoms with Crippen LogP contribution in [-0.4, -0.2) is 38.3 Å². The molecule has 0 fully saturated rings. The van der Waals surface area contributed by atoms with E-state index in [-0.39, 0.29) is 6.61 Å². The van der Waals surface area contributed by atoms with Gasteiger partial charge in [-0.3, -0.25) is 4.79 Å². The van der Waals surface area contributed by atoms with Crippen LogP contribution in [0, 0.1) is 13.8 Å². The normalized spacial score (nSPS) is 12.2. The molecule has 7 nitrogen and oxygen atoms in total. The molecule has 0 radical (unpaired) electrons. The number of anilines is 1. The molecule has 3 rings (SSSR count). The first-order valence-corrected chi connectivity index (χ1v) is 8.57. The fourth-order valence-electron chi connectivity index (χ4n) is 2.52. The first-order valence-electron chi connectivity index (χ1n) is 8.57. The Morgan fingerprint density at radius 2 is 1.81 bits per heavy atom. The van der Waals surface area contributed by atoms with Crippen LogP contribution in [0.1, 0.15) is 11.1 Å². The van der Waals surface area contributed by atoms with E-state index in [4.69, 9.17) is 18.9 Å². The van der Waals surface area contributed by atoms with Crippen LogP contribution in [0.5, 0.6) is 17.2 Å². The number of ether oxygens (including phenoxy) is 4. The molecule has 0 aliphatic carbocycles. The molecule has 1 aliphatic rings. The summed E-state index contributed by atoms with van der Waals surface area (Å²) >= 11 is 0. The van der Waals surface area contributed by atoms with Crippen LogP contribution in [-0.2, 0) is 14.3 Å². The Balaban J connectivity index is 1.44. The van der Waals surface area contributed by atoms with E-state index in [1.807, 2.05) is 26.0 Å². The largest absolute Gasteiger partial charge is 0.486 e. The van der Waals surface area contributed by atoms with Gasteiger partial charge in [0.15, 0.2) is 24.7 Å². The van der Waals surface area contributed by atoms with Crippen LogP contribution in [0.4, 0.5) is 5.69 Å². The molecule has 1 amide bonds. The van der Waals surface area contributed by atoms with Crippen molar-refractivity contribution in [1.29, 1.82) is 0 Å². The molecule has 2 aromatic rings. The number of aryl methyl sites for hydroxylation is 1. The van der Waals surface area contributed by atoms with Gasteiger partial charge in [0.2, 0.25) is 0 Å². The summed E-state index contributed by atoms with van der Waals surface area (Å²) in [6.45, 7) is 4.17. The summed E-state index contributed by atoms with van der Waals surface area (Å²) < 4.78 is 21.3. The lowest BCUT2D eigenvalue weighted by Crippen LogP contribution is -2.24. The molecule has 2 aromatic carbocycles. The summed E-state index contributed by atoms with van der Waals surface area (Å²) in [5, 5.41) is 2.65. The summed E-state index contributed by atoms with van der Waals surface area (Å²) in [4.78, 5) is 23.8. The minimum absolute atomic E-state index is 0.262. The standard InChI is InChI=1S/C20H21NO6/c1-13-4-3-5-16(14(13)2)26-12-20(23)27-11-19(22)21-15-6-7-17-18(10-15)25-9-8-24-17/h3-7,10H,8-9,11-12H2,1-2H3,(H,21,22). The van der Waals surface area contributed by atoms with Gasteiger partial charge in [0.25, 0.3) is 5.91 Å². The van der Waals surface area contributed by atoms with Crippen molar-refractivity contribution in [2.75, 3.05) is 31.7 Å². The molecule has 0 bridgehead atoms. The lowest BCUT2D eigenvalue weighted by molar-refractivity contribution is -0.149. The molecule has 0 saturated heterocycles. The molecular weight excluding hydrogens is 350 g/mol. The summed E-state index contributed by atoms with van der Waals surface area (Å²) in [5.41, 5.74) is 2.56. The minimum Gasteiger partial charge on any atom is -0.486 e. The fourth-order valence-corrected chi connectivity index (χ4v) is 2.52. The van der Waals surface area contributed by atoms with Gasteiger partial charge in [0, 0.05) is 11.8 Å². The lowest BCUT2D eigenvalue weighted by atomic mass is 10.1. The number of carbonyl (C=O) groups excluding carboxylic acids is 2. The Hall–Kier alpha value is -3.22. The molecule has 27 heavy (non-hydrogen) atoms. The van der Waals surface area contributed by atoms with Crippen LogP contribution in [0.15, 0.2) is 36.4 Å². The van der Waals surface area contributed by atoms with Gasteiger partial charge in [-0.15, -0.1) is 0 Å². The highest BCUT2D eigenvalue weighted by Crippen LogP contribution is 2.32. The lowest BCUT2D eigenvalue weighted by Gasteiger charge is -2.19. The van der Waals surface area contributed by atoms with Crippen molar-refractivity contribution >= 4 is 17.6 Å². The fraction of sp³-hybridized carbons (Fsp3) is 0.300. The maximum atomic E-state index is 12.0.